The number of ether oxygens (including phenoxy) is 1. The van der Waals surface area contributed by atoms with Crippen LogP contribution in [-0.2, 0) is 9.53 Å². The minimum absolute atomic E-state index is 0.0393. The van der Waals surface area contributed by atoms with Crippen LogP contribution in [0, 0.1) is 5.82 Å². The molecule has 1 aromatic rings. The van der Waals surface area contributed by atoms with Crippen LogP contribution in [0.5, 0.6) is 0 Å². The second-order valence-electron chi connectivity index (χ2n) is 6.55. The summed E-state index contributed by atoms with van der Waals surface area (Å²) in [5.41, 5.74) is 0.227. The highest BCUT2D eigenvalue weighted by Crippen LogP contribution is 2.15. The summed E-state index contributed by atoms with van der Waals surface area (Å²) in [6.45, 7) is 3.56. The number of benzene rings is 1. The van der Waals surface area contributed by atoms with Crippen molar-refractivity contribution < 1.29 is 23.5 Å². The van der Waals surface area contributed by atoms with Crippen LogP contribution in [0.1, 0.15) is 43.0 Å². The van der Waals surface area contributed by atoms with E-state index in [0.29, 0.717) is 50.0 Å². The molecule has 0 spiro atoms. The largest absolute Gasteiger partial charge is 0.450 e. The number of nitrogens with one attached hydrogen (secondary N) is 2. The summed E-state index contributed by atoms with van der Waals surface area (Å²) in [6.07, 6.45) is 1.83. The van der Waals surface area contributed by atoms with Crippen LogP contribution in [0.25, 0.3) is 0 Å². The third-order valence-electron chi connectivity index (χ3n) is 4.38. The van der Waals surface area contributed by atoms with Gasteiger partial charge in [0.1, 0.15) is 5.82 Å². The van der Waals surface area contributed by atoms with E-state index in [4.69, 9.17) is 4.74 Å². The lowest BCUT2D eigenvalue weighted by molar-refractivity contribution is -0.122. The number of likely N-dealkylation sites (tertiary alicyclic amines) is 1. The van der Waals surface area contributed by atoms with Gasteiger partial charge in [-0.1, -0.05) is 15.9 Å². The van der Waals surface area contributed by atoms with Gasteiger partial charge in [0.2, 0.25) is 5.91 Å². The lowest BCUT2D eigenvalue weighted by atomic mass is 10.1. The molecule has 7 nitrogen and oxygen atoms in total. The normalized spacial score (nSPS) is 14.5. The minimum atomic E-state index is -0.493. The maximum atomic E-state index is 13.3. The Morgan fingerprint density at radius 2 is 1.96 bits per heavy atom. The SMILES string of the molecule is CCOC(=O)N1CCC(NC(=O)CCCNC(=O)c2cc(F)cc(Br)c2)CC1. The van der Waals surface area contributed by atoms with E-state index < -0.39 is 5.82 Å². The van der Waals surface area contributed by atoms with E-state index in [2.05, 4.69) is 26.6 Å². The van der Waals surface area contributed by atoms with E-state index in [1.807, 2.05) is 0 Å². The van der Waals surface area contributed by atoms with Gasteiger partial charge in [0.15, 0.2) is 0 Å². The monoisotopic (exact) mass is 457 g/mol. The number of rotatable bonds is 7. The number of amides is 3. The molecule has 0 radical (unpaired) electrons. The molecule has 9 heteroatoms. The summed E-state index contributed by atoms with van der Waals surface area (Å²) in [7, 11) is 0. The van der Waals surface area contributed by atoms with Crippen LogP contribution in [0.3, 0.4) is 0 Å². The second-order valence-corrected chi connectivity index (χ2v) is 7.46. The highest BCUT2D eigenvalue weighted by molar-refractivity contribution is 9.10. The number of nitrogens with zero attached hydrogens (tertiary/aromatic N) is 1. The van der Waals surface area contributed by atoms with Gasteiger partial charge in [0.25, 0.3) is 5.91 Å². The van der Waals surface area contributed by atoms with E-state index >= 15 is 0 Å². The molecule has 28 heavy (non-hydrogen) atoms. The predicted molar refractivity (Wildman–Crippen MR) is 105 cm³/mol. The van der Waals surface area contributed by atoms with Crippen molar-refractivity contribution in [3.63, 3.8) is 0 Å². The Bertz CT molecular complexity index is 688. The maximum absolute atomic E-state index is 13.3. The van der Waals surface area contributed by atoms with Gasteiger partial charge in [0, 0.05) is 42.1 Å². The molecule has 0 unspecified atom stereocenters. The Morgan fingerprint density at radius 3 is 2.61 bits per heavy atom. The molecular weight excluding hydrogens is 433 g/mol. The quantitative estimate of drug-likeness (QED) is 0.616. The molecule has 0 aromatic heterocycles. The number of piperidine rings is 1. The number of halogens is 2. The minimum Gasteiger partial charge on any atom is -0.450 e. The third kappa shape index (κ3) is 7.10. The van der Waals surface area contributed by atoms with E-state index in [1.165, 1.54) is 12.1 Å². The predicted octanol–water partition coefficient (Wildman–Crippen LogP) is 2.84. The van der Waals surface area contributed by atoms with E-state index in [0.717, 1.165) is 6.07 Å². The van der Waals surface area contributed by atoms with Gasteiger partial charge < -0.3 is 20.3 Å². The van der Waals surface area contributed by atoms with Gasteiger partial charge >= 0.3 is 6.09 Å². The Balaban J connectivity index is 1.63. The molecule has 3 amide bonds. The fourth-order valence-electron chi connectivity index (χ4n) is 2.96. The summed E-state index contributed by atoms with van der Waals surface area (Å²) in [5.74, 6) is -0.961. The van der Waals surface area contributed by atoms with E-state index in [1.54, 1.807) is 11.8 Å². The van der Waals surface area contributed by atoms with Crippen molar-refractivity contribution in [2.75, 3.05) is 26.2 Å². The van der Waals surface area contributed by atoms with Crippen molar-refractivity contribution >= 4 is 33.8 Å². The first kappa shape index (κ1) is 22.1. The average molecular weight is 458 g/mol. The van der Waals surface area contributed by atoms with Crippen LogP contribution < -0.4 is 10.6 Å². The van der Waals surface area contributed by atoms with Crippen molar-refractivity contribution in [1.29, 1.82) is 0 Å². The molecule has 1 aliphatic heterocycles. The zero-order chi connectivity index (χ0) is 20.5. The van der Waals surface area contributed by atoms with E-state index in [9.17, 15) is 18.8 Å². The zero-order valence-corrected chi connectivity index (χ0v) is 17.4. The van der Waals surface area contributed by atoms with Gasteiger partial charge in [-0.05, 0) is 44.4 Å². The molecule has 1 aromatic carbocycles. The van der Waals surface area contributed by atoms with Crippen LogP contribution in [0.4, 0.5) is 9.18 Å². The van der Waals surface area contributed by atoms with E-state index in [-0.39, 0.29) is 35.9 Å². The summed E-state index contributed by atoms with van der Waals surface area (Å²) in [6, 6.07) is 4.01. The van der Waals surface area contributed by atoms with Gasteiger partial charge in [-0.2, -0.15) is 0 Å². The zero-order valence-electron chi connectivity index (χ0n) is 15.8. The summed E-state index contributed by atoms with van der Waals surface area (Å²) in [4.78, 5) is 37.3. The van der Waals surface area contributed by atoms with Crippen LogP contribution in [0.2, 0.25) is 0 Å². The van der Waals surface area contributed by atoms with Gasteiger partial charge in [-0.15, -0.1) is 0 Å². The van der Waals surface area contributed by atoms with Gasteiger partial charge in [0.05, 0.1) is 6.61 Å². The average Bonchev–Trinajstić information content (AvgIpc) is 2.65. The smallest absolute Gasteiger partial charge is 0.409 e. The molecule has 0 bridgehead atoms. The third-order valence-corrected chi connectivity index (χ3v) is 4.83. The van der Waals surface area contributed by atoms with Crippen LogP contribution in [0.15, 0.2) is 22.7 Å². The van der Waals surface area contributed by atoms with Crippen LogP contribution >= 0.6 is 15.9 Å². The lowest BCUT2D eigenvalue weighted by Crippen LogP contribution is -2.46. The first-order valence-corrected chi connectivity index (χ1v) is 10.1. The summed E-state index contributed by atoms with van der Waals surface area (Å²) < 4.78 is 18.8. The molecule has 1 aliphatic rings. The fraction of sp³-hybridized carbons (Fsp3) is 0.526. The van der Waals surface area contributed by atoms with Crippen molar-refractivity contribution in [3.05, 3.63) is 34.1 Å². The molecular formula is C19H25BrFN3O4. The lowest BCUT2D eigenvalue weighted by Gasteiger charge is -2.31. The molecule has 2 rings (SSSR count). The molecule has 1 saturated heterocycles. The first-order valence-electron chi connectivity index (χ1n) is 9.34. The molecule has 154 valence electrons. The highest BCUT2D eigenvalue weighted by atomic mass is 79.9. The van der Waals surface area contributed by atoms with Crippen molar-refractivity contribution in [1.82, 2.24) is 15.5 Å². The molecule has 0 aliphatic carbocycles. The summed E-state index contributed by atoms with van der Waals surface area (Å²) in [5, 5.41) is 5.64. The number of hydrogen-bond acceptors (Lipinski definition) is 4. The summed E-state index contributed by atoms with van der Waals surface area (Å²) >= 11 is 3.15. The highest BCUT2D eigenvalue weighted by Gasteiger charge is 2.24. The molecule has 0 atom stereocenters. The number of hydrogen-bond donors (Lipinski definition) is 2. The standard InChI is InChI=1S/C19H25BrFN3O4/c1-2-28-19(27)24-8-5-16(6-9-24)23-17(25)4-3-7-22-18(26)13-10-14(20)12-15(21)11-13/h10-12,16H,2-9H2,1H3,(H,22,26)(H,23,25). The topological polar surface area (TPSA) is 87.7 Å². The maximum Gasteiger partial charge on any atom is 0.409 e. The van der Waals surface area contributed by atoms with Crippen molar-refractivity contribution in [2.45, 2.75) is 38.6 Å². The molecule has 1 heterocycles. The number of carbonyl (C=O) groups is 3. The Kier molecular flexibility index (Phi) is 8.69. The Labute approximate surface area is 172 Å². The molecule has 1 fully saturated rings. The molecule has 2 N–H and O–H groups in total. The van der Waals surface area contributed by atoms with Crippen molar-refractivity contribution in [2.24, 2.45) is 0 Å². The molecule has 0 saturated carbocycles. The van der Waals surface area contributed by atoms with Gasteiger partial charge in [-0.25, -0.2) is 9.18 Å². The second kappa shape index (κ2) is 11.0. The fourth-order valence-corrected chi connectivity index (χ4v) is 3.42. The van der Waals surface area contributed by atoms with Crippen LogP contribution in [-0.4, -0.2) is 55.1 Å². The first-order chi connectivity index (χ1) is 13.4. The van der Waals surface area contributed by atoms with Crippen molar-refractivity contribution in [3.8, 4) is 0 Å². The Hall–Kier alpha value is -2.16. The van der Waals surface area contributed by atoms with Gasteiger partial charge in [-0.3, -0.25) is 9.59 Å². The number of carbonyl (C=O) groups excluding carboxylic acids is 3. The Morgan fingerprint density at radius 1 is 1.25 bits per heavy atom.